The highest BCUT2D eigenvalue weighted by molar-refractivity contribution is 6.00. The standard InChI is InChI=1S/C26H24N4O3/c1-18-7-9-19(10-8-18)23-17-27-25(33-23)16-15-24(31)28-21-11-13-22(14-12-21)30-26(32)29-20-5-3-2-4-6-20/h2-14,17H,15-16H2,1H3,(H,28,31)(H2,29,30,32). The third-order valence-electron chi connectivity index (χ3n) is 4.91. The highest BCUT2D eigenvalue weighted by Gasteiger charge is 2.10. The minimum atomic E-state index is -0.339. The molecule has 0 saturated carbocycles. The Morgan fingerprint density at radius 2 is 1.39 bits per heavy atom. The van der Waals surface area contributed by atoms with E-state index in [0.717, 1.165) is 5.56 Å². The lowest BCUT2D eigenvalue weighted by atomic mass is 10.1. The molecule has 33 heavy (non-hydrogen) atoms. The average molecular weight is 441 g/mol. The number of urea groups is 1. The number of amides is 3. The van der Waals surface area contributed by atoms with E-state index in [1.807, 2.05) is 49.4 Å². The molecule has 0 atom stereocenters. The number of benzene rings is 3. The van der Waals surface area contributed by atoms with Crippen LogP contribution in [0.5, 0.6) is 0 Å². The maximum Gasteiger partial charge on any atom is 0.323 e. The number of para-hydroxylation sites is 1. The molecule has 0 unspecified atom stereocenters. The van der Waals surface area contributed by atoms with Crippen LogP contribution in [-0.2, 0) is 11.2 Å². The van der Waals surface area contributed by atoms with Crippen LogP contribution in [0.2, 0.25) is 0 Å². The second kappa shape index (κ2) is 10.3. The summed E-state index contributed by atoms with van der Waals surface area (Å²) in [7, 11) is 0. The zero-order valence-electron chi connectivity index (χ0n) is 18.2. The number of aromatic nitrogens is 1. The number of anilines is 3. The Hall–Kier alpha value is -4.39. The first-order valence-corrected chi connectivity index (χ1v) is 10.6. The second-order valence-corrected chi connectivity index (χ2v) is 7.55. The first-order chi connectivity index (χ1) is 16.0. The molecule has 0 aliphatic heterocycles. The molecular weight excluding hydrogens is 416 g/mol. The molecule has 1 heterocycles. The minimum Gasteiger partial charge on any atom is -0.441 e. The third kappa shape index (κ3) is 6.30. The summed E-state index contributed by atoms with van der Waals surface area (Å²) in [6.45, 7) is 2.03. The molecule has 3 N–H and O–H groups in total. The van der Waals surface area contributed by atoms with Crippen LogP contribution in [-0.4, -0.2) is 16.9 Å². The monoisotopic (exact) mass is 440 g/mol. The number of carbonyl (C=O) groups is 2. The molecule has 3 amide bonds. The van der Waals surface area contributed by atoms with Crippen molar-refractivity contribution in [3.8, 4) is 11.3 Å². The highest BCUT2D eigenvalue weighted by Crippen LogP contribution is 2.21. The molecule has 7 heteroatoms. The van der Waals surface area contributed by atoms with Crippen molar-refractivity contribution < 1.29 is 14.0 Å². The number of carbonyl (C=O) groups excluding carboxylic acids is 2. The van der Waals surface area contributed by atoms with Gasteiger partial charge in [-0.15, -0.1) is 0 Å². The number of oxazole rings is 1. The first-order valence-electron chi connectivity index (χ1n) is 10.6. The third-order valence-corrected chi connectivity index (χ3v) is 4.91. The van der Waals surface area contributed by atoms with Gasteiger partial charge in [0.05, 0.1) is 6.20 Å². The van der Waals surface area contributed by atoms with Crippen molar-refractivity contribution in [3.05, 3.63) is 96.5 Å². The zero-order valence-corrected chi connectivity index (χ0v) is 18.2. The lowest BCUT2D eigenvalue weighted by molar-refractivity contribution is -0.116. The number of nitrogens with one attached hydrogen (secondary N) is 3. The molecule has 0 fully saturated rings. The van der Waals surface area contributed by atoms with Crippen molar-refractivity contribution in [2.24, 2.45) is 0 Å². The molecule has 0 bridgehead atoms. The summed E-state index contributed by atoms with van der Waals surface area (Å²) in [5.74, 6) is 1.06. The zero-order chi connectivity index (χ0) is 23.0. The van der Waals surface area contributed by atoms with E-state index in [0.29, 0.717) is 35.1 Å². The van der Waals surface area contributed by atoms with Crippen LogP contribution in [0.25, 0.3) is 11.3 Å². The van der Waals surface area contributed by atoms with Crippen LogP contribution >= 0.6 is 0 Å². The number of hydrogen-bond acceptors (Lipinski definition) is 4. The van der Waals surface area contributed by atoms with Crippen molar-refractivity contribution in [1.29, 1.82) is 0 Å². The van der Waals surface area contributed by atoms with E-state index in [-0.39, 0.29) is 18.4 Å². The van der Waals surface area contributed by atoms with Gasteiger partial charge in [0.25, 0.3) is 0 Å². The molecule has 0 aliphatic rings. The van der Waals surface area contributed by atoms with Crippen LogP contribution < -0.4 is 16.0 Å². The van der Waals surface area contributed by atoms with Gasteiger partial charge < -0.3 is 20.4 Å². The molecule has 4 rings (SSSR count). The average Bonchev–Trinajstić information content (AvgIpc) is 3.29. The fraction of sp³-hybridized carbons (Fsp3) is 0.115. The van der Waals surface area contributed by atoms with Gasteiger partial charge in [0.2, 0.25) is 5.91 Å². The Balaban J connectivity index is 1.24. The number of aryl methyl sites for hydroxylation is 2. The highest BCUT2D eigenvalue weighted by atomic mass is 16.4. The number of rotatable bonds is 7. The maximum absolute atomic E-state index is 12.3. The second-order valence-electron chi connectivity index (χ2n) is 7.55. The summed E-state index contributed by atoms with van der Waals surface area (Å²) >= 11 is 0. The van der Waals surface area contributed by atoms with Gasteiger partial charge in [0.1, 0.15) is 0 Å². The van der Waals surface area contributed by atoms with E-state index >= 15 is 0 Å². The van der Waals surface area contributed by atoms with Crippen molar-refractivity contribution in [2.75, 3.05) is 16.0 Å². The Morgan fingerprint density at radius 1 is 0.788 bits per heavy atom. The maximum atomic E-state index is 12.3. The van der Waals surface area contributed by atoms with E-state index in [9.17, 15) is 9.59 Å². The van der Waals surface area contributed by atoms with Gasteiger partial charge in [0.15, 0.2) is 11.7 Å². The van der Waals surface area contributed by atoms with E-state index in [2.05, 4.69) is 20.9 Å². The Kier molecular flexibility index (Phi) is 6.80. The smallest absolute Gasteiger partial charge is 0.323 e. The summed E-state index contributed by atoms with van der Waals surface area (Å²) in [6, 6.07) is 23.8. The van der Waals surface area contributed by atoms with Crippen molar-refractivity contribution in [1.82, 2.24) is 4.98 Å². The molecule has 7 nitrogen and oxygen atoms in total. The molecule has 3 aromatic carbocycles. The van der Waals surface area contributed by atoms with E-state index < -0.39 is 0 Å². The summed E-state index contributed by atoms with van der Waals surface area (Å²) in [5, 5.41) is 8.34. The van der Waals surface area contributed by atoms with Crippen molar-refractivity contribution in [2.45, 2.75) is 19.8 Å². The molecule has 4 aromatic rings. The lowest BCUT2D eigenvalue weighted by Crippen LogP contribution is -2.19. The molecule has 166 valence electrons. The first kappa shape index (κ1) is 21.8. The van der Waals surface area contributed by atoms with Crippen LogP contribution in [0.4, 0.5) is 21.9 Å². The lowest BCUT2D eigenvalue weighted by Gasteiger charge is -2.09. The molecule has 0 aliphatic carbocycles. The van der Waals surface area contributed by atoms with E-state index in [4.69, 9.17) is 4.42 Å². The van der Waals surface area contributed by atoms with Gasteiger partial charge >= 0.3 is 6.03 Å². The predicted molar refractivity (Wildman–Crippen MR) is 129 cm³/mol. The Morgan fingerprint density at radius 3 is 2.06 bits per heavy atom. The normalized spacial score (nSPS) is 10.5. The summed E-state index contributed by atoms with van der Waals surface area (Å²) in [4.78, 5) is 28.6. The van der Waals surface area contributed by atoms with Crippen molar-refractivity contribution in [3.63, 3.8) is 0 Å². The van der Waals surface area contributed by atoms with Crippen LogP contribution in [0.15, 0.2) is 89.5 Å². The number of nitrogens with zero attached hydrogens (tertiary/aromatic N) is 1. The Bertz CT molecular complexity index is 1220. The number of hydrogen-bond donors (Lipinski definition) is 3. The largest absolute Gasteiger partial charge is 0.441 e. The molecule has 1 aromatic heterocycles. The van der Waals surface area contributed by atoms with Gasteiger partial charge in [-0.1, -0.05) is 48.0 Å². The van der Waals surface area contributed by atoms with Gasteiger partial charge in [-0.3, -0.25) is 4.79 Å². The molecule has 0 saturated heterocycles. The van der Waals surface area contributed by atoms with Gasteiger partial charge in [-0.25, -0.2) is 9.78 Å². The summed E-state index contributed by atoms with van der Waals surface area (Å²) in [5.41, 5.74) is 4.09. The van der Waals surface area contributed by atoms with Gasteiger partial charge in [-0.05, 0) is 43.3 Å². The van der Waals surface area contributed by atoms with Gasteiger partial charge in [-0.2, -0.15) is 0 Å². The van der Waals surface area contributed by atoms with E-state index in [1.165, 1.54) is 5.56 Å². The fourth-order valence-electron chi connectivity index (χ4n) is 3.17. The topological polar surface area (TPSA) is 96.3 Å². The SMILES string of the molecule is Cc1ccc(-c2cnc(CCC(=O)Nc3ccc(NC(=O)Nc4ccccc4)cc3)o2)cc1. The fourth-order valence-corrected chi connectivity index (χ4v) is 3.17. The summed E-state index contributed by atoms with van der Waals surface area (Å²) < 4.78 is 5.77. The van der Waals surface area contributed by atoms with Crippen LogP contribution in [0.3, 0.4) is 0 Å². The van der Waals surface area contributed by atoms with Gasteiger partial charge in [0, 0.05) is 35.5 Å². The van der Waals surface area contributed by atoms with Crippen LogP contribution in [0, 0.1) is 6.92 Å². The minimum absolute atomic E-state index is 0.146. The van der Waals surface area contributed by atoms with Crippen molar-refractivity contribution >= 4 is 29.0 Å². The predicted octanol–water partition coefficient (Wildman–Crippen LogP) is 5.87. The van der Waals surface area contributed by atoms with E-state index in [1.54, 1.807) is 42.6 Å². The quantitative estimate of drug-likeness (QED) is 0.335. The Labute approximate surface area is 191 Å². The molecule has 0 spiro atoms. The molecular formula is C26H24N4O3. The van der Waals surface area contributed by atoms with Crippen LogP contribution in [0.1, 0.15) is 17.9 Å². The molecule has 0 radical (unpaired) electrons. The summed E-state index contributed by atoms with van der Waals surface area (Å²) in [6.07, 6.45) is 2.32.